The molecule has 7 nitrogen and oxygen atoms in total. The molecule has 0 fully saturated rings. The van der Waals surface area contributed by atoms with Crippen LogP contribution in [0.15, 0.2) is 58.6 Å². The Labute approximate surface area is 197 Å². The second-order valence-corrected chi connectivity index (χ2v) is 9.44. The zero-order chi connectivity index (χ0) is 23.4. The molecule has 0 amide bonds. The minimum Gasteiger partial charge on any atom is -0.486 e. The lowest BCUT2D eigenvalue weighted by atomic mass is 10.2. The van der Waals surface area contributed by atoms with Gasteiger partial charge in [-0.15, -0.1) is 10.2 Å². The molecular formula is C25H29N5O2S. The van der Waals surface area contributed by atoms with Crippen LogP contribution in [0.3, 0.4) is 0 Å². The maximum absolute atomic E-state index is 12.5. The summed E-state index contributed by atoms with van der Waals surface area (Å²) in [6, 6.07) is 13.6. The predicted molar refractivity (Wildman–Crippen MR) is 131 cm³/mol. The lowest BCUT2D eigenvalue weighted by Gasteiger charge is -2.13. The van der Waals surface area contributed by atoms with Gasteiger partial charge < -0.3 is 9.30 Å². The summed E-state index contributed by atoms with van der Waals surface area (Å²) in [6.07, 6.45) is 2.81. The van der Waals surface area contributed by atoms with E-state index in [9.17, 15) is 4.79 Å². The largest absolute Gasteiger partial charge is 0.486 e. The van der Waals surface area contributed by atoms with Crippen LogP contribution in [-0.4, -0.2) is 24.1 Å². The highest BCUT2D eigenvalue weighted by atomic mass is 32.2. The molecule has 0 saturated carbocycles. The molecule has 33 heavy (non-hydrogen) atoms. The van der Waals surface area contributed by atoms with E-state index < -0.39 is 0 Å². The third-order valence-electron chi connectivity index (χ3n) is 5.25. The van der Waals surface area contributed by atoms with Crippen molar-refractivity contribution in [3.63, 3.8) is 0 Å². The second-order valence-electron chi connectivity index (χ2n) is 8.50. The van der Waals surface area contributed by atoms with Crippen molar-refractivity contribution < 1.29 is 4.74 Å². The Morgan fingerprint density at radius 1 is 1.09 bits per heavy atom. The van der Waals surface area contributed by atoms with Crippen LogP contribution in [0.5, 0.6) is 5.75 Å². The topological polar surface area (TPSA) is 74.3 Å². The molecule has 1 aromatic carbocycles. The first-order valence-electron chi connectivity index (χ1n) is 11.2. The third-order valence-corrected chi connectivity index (χ3v) is 6.25. The first-order valence-corrected chi connectivity index (χ1v) is 12.2. The smallest absolute Gasteiger partial charge is 0.258 e. The van der Waals surface area contributed by atoms with Crippen molar-refractivity contribution in [3.05, 3.63) is 81.7 Å². The zero-order valence-electron chi connectivity index (χ0n) is 19.5. The molecule has 0 bridgehead atoms. The Kier molecular flexibility index (Phi) is 7.13. The maximum atomic E-state index is 12.5. The number of ether oxygens (including phenoxy) is 1. The number of pyridine rings is 1. The molecule has 4 aromatic rings. The molecule has 172 valence electrons. The van der Waals surface area contributed by atoms with Gasteiger partial charge in [0.25, 0.3) is 5.56 Å². The van der Waals surface area contributed by atoms with Gasteiger partial charge in [-0.25, -0.2) is 4.98 Å². The van der Waals surface area contributed by atoms with Gasteiger partial charge in [-0.05, 0) is 48.6 Å². The van der Waals surface area contributed by atoms with Crippen LogP contribution >= 0.6 is 11.8 Å². The molecule has 4 rings (SSSR count). The highest BCUT2D eigenvalue weighted by molar-refractivity contribution is 7.98. The van der Waals surface area contributed by atoms with E-state index in [1.165, 1.54) is 17.3 Å². The van der Waals surface area contributed by atoms with Gasteiger partial charge in [0.2, 0.25) is 0 Å². The van der Waals surface area contributed by atoms with Crippen molar-refractivity contribution in [2.24, 2.45) is 5.92 Å². The molecule has 0 aliphatic carbocycles. The quantitative estimate of drug-likeness (QED) is 0.336. The summed E-state index contributed by atoms with van der Waals surface area (Å²) in [5.41, 5.74) is 3.59. The van der Waals surface area contributed by atoms with Crippen LogP contribution in [0.25, 0.3) is 5.65 Å². The standard InChI is InChI=1S/C25H29N5O2S/c1-5-19-7-9-21(10-8-19)32-15-23-27-28-25(30(23)13-17(2)3)33-16-20-12-24(31)29-14-18(4)6-11-22(29)26-20/h6-12,14,17H,5,13,15-16H2,1-4H3. The molecule has 0 spiro atoms. The summed E-state index contributed by atoms with van der Waals surface area (Å²) in [7, 11) is 0. The molecular weight excluding hydrogens is 434 g/mol. The SMILES string of the molecule is CCc1ccc(OCc2nnc(SCc3cc(=O)n4cc(C)ccc4n3)n2CC(C)C)cc1. The molecule has 0 atom stereocenters. The highest BCUT2D eigenvalue weighted by Crippen LogP contribution is 2.23. The van der Waals surface area contributed by atoms with Crippen molar-refractivity contribution in [1.82, 2.24) is 24.1 Å². The van der Waals surface area contributed by atoms with Gasteiger partial charge in [-0.1, -0.05) is 50.7 Å². The molecule has 0 radical (unpaired) electrons. The average molecular weight is 464 g/mol. The van der Waals surface area contributed by atoms with Crippen LogP contribution in [0.1, 0.15) is 43.4 Å². The summed E-state index contributed by atoms with van der Waals surface area (Å²) in [5, 5.41) is 9.59. The lowest BCUT2D eigenvalue weighted by molar-refractivity contribution is 0.284. The number of fused-ring (bicyclic) bond motifs is 1. The first-order chi connectivity index (χ1) is 15.9. The lowest BCUT2D eigenvalue weighted by Crippen LogP contribution is -2.15. The van der Waals surface area contributed by atoms with Crippen LogP contribution in [0, 0.1) is 12.8 Å². The van der Waals surface area contributed by atoms with E-state index >= 15 is 0 Å². The van der Waals surface area contributed by atoms with E-state index in [1.807, 2.05) is 37.4 Å². The maximum Gasteiger partial charge on any atom is 0.258 e. The molecule has 8 heteroatoms. The fraction of sp³-hybridized carbons (Fsp3) is 0.360. The van der Waals surface area contributed by atoms with Crippen LogP contribution in [0.2, 0.25) is 0 Å². The molecule has 0 aliphatic rings. The Bertz CT molecular complexity index is 1290. The molecule has 3 aromatic heterocycles. The zero-order valence-corrected chi connectivity index (χ0v) is 20.3. The monoisotopic (exact) mass is 463 g/mol. The normalized spacial score (nSPS) is 11.4. The van der Waals surface area contributed by atoms with Crippen molar-refractivity contribution in [3.8, 4) is 5.75 Å². The van der Waals surface area contributed by atoms with Crippen molar-refractivity contribution in [2.75, 3.05) is 0 Å². The van der Waals surface area contributed by atoms with Gasteiger partial charge in [0.1, 0.15) is 18.0 Å². The van der Waals surface area contributed by atoms with Crippen LogP contribution < -0.4 is 10.3 Å². The van der Waals surface area contributed by atoms with Crippen molar-refractivity contribution in [2.45, 2.75) is 58.2 Å². The Morgan fingerprint density at radius 3 is 2.61 bits per heavy atom. The highest BCUT2D eigenvalue weighted by Gasteiger charge is 2.15. The fourth-order valence-corrected chi connectivity index (χ4v) is 4.38. The van der Waals surface area contributed by atoms with Gasteiger partial charge in [0, 0.05) is 24.6 Å². The van der Waals surface area contributed by atoms with E-state index in [-0.39, 0.29) is 5.56 Å². The van der Waals surface area contributed by atoms with Crippen LogP contribution in [0.4, 0.5) is 0 Å². The van der Waals surface area contributed by atoms with Gasteiger partial charge in [-0.2, -0.15) is 0 Å². The Balaban J connectivity index is 1.50. The molecule has 0 N–H and O–H groups in total. The van der Waals surface area contributed by atoms with Crippen molar-refractivity contribution in [1.29, 1.82) is 0 Å². The number of rotatable bonds is 9. The second kappa shape index (κ2) is 10.2. The van der Waals surface area contributed by atoms with Gasteiger partial charge in [0.05, 0.1) is 5.69 Å². The number of thioether (sulfide) groups is 1. The Hall–Kier alpha value is -3.13. The van der Waals surface area contributed by atoms with Crippen LogP contribution in [-0.2, 0) is 25.3 Å². The summed E-state index contributed by atoms with van der Waals surface area (Å²) >= 11 is 1.53. The number of hydrogen-bond donors (Lipinski definition) is 0. The van der Waals surface area contributed by atoms with E-state index in [2.05, 4.69) is 52.7 Å². The minimum absolute atomic E-state index is 0.0777. The van der Waals surface area contributed by atoms with Gasteiger partial charge in [-0.3, -0.25) is 9.20 Å². The minimum atomic E-state index is -0.0777. The summed E-state index contributed by atoms with van der Waals surface area (Å²) < 4.78 is 9.66. The number of aryl methyl sites for hydroxylation is 2. The van der Waals surface area contributed by atoms with Gasteiger partial charge in [0.15, 0.2) is 11.0 Å². The van der Waals surface area contributed by atoms with Crippen molar-refractivity contribution >= 4 is 17.4 Å². The Morgan fingerprint density at radius 2 is 1.88 bits per heavy atom. The number of aromatic nitrogens is 5. The fourth-order valence-electron chi connectivity index (χ4n) is 3.52. The third kappa shape index (κ3) is 5.63. The molecule has 0 unspecified atom stereocenters. The van der Waals surface area contributed by atoms with E-state index in [1.54, 1.807) is 10.5 Å². The first kappa shape index (κ1) is 23.0. The van der Waals surface area contributed by atoms with E-state index in [4.69, 9.17) is 4.74 Å². The molecule has 0 aliphatic heterocycles. The number of hydrogen-bond acceptors (Lipinski definition) is 6. The number of nitrogens with zero attached hydrogens (tertiary/aromatic N) is 5. The molecule has 3 heterocycles. The summed E-state index contributed by atoms with van der Waals surface area (Å²) in [4.78, 5) is 17.1. The summed E-state index contributed by atoms with van der Waals surface area (Å²) in [6.45, 7) is 9.55. The molecule has 0 saturated heterocycles. The summed E-state index contributed by atoms with van der Waals surface area (Å²) in [5.74, 6) is 2.56. The number of benzene rings is 1. The van der Waals surface area contributed by atoms with E-state index in [0.29, 0.717) is 23.9 Å². The van der Waals surface area contributed by atoms with Gasteiger partial charge >= 0.3 is 0 Å². The average Bonchev–Trinajstić information content (AvgIpc) is 3.17. The van der Waals surface area contributed by atoms with E-state index in [0.717, 1.165) is 41.0 Å². The predicted octanol–water partition coefficient (Wildman–Crippen LogP) is 4.68.